The van der Waals surface area contributed by atoms with E-state index in [-0.39, 0.29) is 0 Å². The lowest BCUT2D eigenvalue weighted by Crippen LogP contribution is -2.39. The lowest BCUT2D eigenvalue weighted by Gasteiger charge is -2.32. The Labute approximate surface area is 176 Å². The number of likely N-dealkylation sites (tertiary alicyclic amines) is 1. The minimum absolute atomic E-state index is 0.418. The van der Waals surface area contributed by atoms with Gasteiger partial charge in [-0.3, -0.25) is 10.8 Å². The smallest absolute Gasteiger partial charge is 0.155 e. The van der Waals surface area contributed by atoms with Crippen LogP contribution in [0, 0.1) is 12.3 Å². The van der Waals surface area contributed by atoms with Gasteiger partial charge in [-0.05, 0) is 62.2 Å². The van der Waals surface area contributed by atoms with Crippen LogP contribution in [0.1, 0.15) is 25.3 Å². The van der Waals surface area contributed by atoms with Crippen LogP contribution in [0.15, 0.2) is 30.3 Å². The lowest BCUT2D eigenvalue weighted by atomic mass is 10.1. The van der Waals surface area contributed by atoms with Gasteiger partial charge in [0.25, 0.3) is 0 Å². The third kappa shape index (κ3) is 5.28. The molecule has 150 valence electrons. The Morgan fingerprint density at radius 2 is 1.96 bits per heavy atom. The number of anilines is 3. The van der Waals surface area contributed by atoms with E-state index in [1.54, 1.807) is 23.2 Å². The molecule has 0 aliphatic carbocycles. The monoisotopic (exact) mass is 420 g/mol. The van der Waals surface area contributed by atoms with Gasteiger partial charge in [0.1, 0.15) is 12.2 Å². The third-order valence-corrected chi connectivity index (χ3v) is 5.63. The molecule has 0 bridgehead atoms. The SMILES string of the molecule is CCN1CCC(Nc2cc(C)cc(N(C=N)Nc3ccc(Cl)c(Cl)c3)n2)CC1. The summed E-state index contributed by atoms with van der Waals surface area (Å²) in [6.07, 6.45) is 3.40. The molecular formula is C20H26Cl2N6. The minimum Gasteiger partial charge on any atom is -0.367 e. The van der Waals surface area contributed by atoms with E-state index in [1.165, 1.54) is 6.34 Å². The number of aromatic nitrogens is 1. The highest BCUT2D eigenvalue weighted by Gasteiger charge is 2.19. The van der Waals surface area contributed by atoms with E-state index >= 15 is 0 Å². The standard InChI is InChI=1S/C20H26Cl2N6/c1-3-27-8-6-15(7-9-27)24-19-10-14(2)11-20(25-19)28(13-23)26-16-4-5-17(21)18(22)12-16/h4-5,10-13,15,23,26H,3,6-9H2,1-2H3,(H,24,25). The maximum absolute atomic E-state index is 7.79. The summed E-state index contributed by atoms with van der Waals surface area (Å²) in [4.78, 5) is 7.17. The number of rotatable bonds is 7. The molecule has 2 aromatic rings. The summed E-state index contributed by atoms with van der Waals surface area (Å²) < 4.78 is 0. The summed E-state index contributed by atoms with van der Waals surface area (Å²) in [5, 5.41) is 13.8. The molecule has 1 saturated heterocycles. The Hall–Kier alpha value is -2.02. The molecule has 6 nitrogen and oxygen atoms in total. The molecule has 8 heteroatoms. The lowest BCUT2D eigenvalue weighted by molar-refractivity contribution is 0.229. The molecule has 3 N–H and O–H groups in total. The van der Waals surface area contributed by atoms with Crippen molar-refractivity contribution in [3.05, 3.63) is 45.9 Å². The second-order valence-corrected chi connectivity index (χ2v) is 7.80. The molecule has 0 amide bonds. The van der Waals surface area contributed by atoms with E-state index in [0.29, 0.717) is 21.9 Å². The number of hydrogen-bond donors (Lipinski definition) is 3. The predicted octanol–water partition coefficient (Wildman–Crippen LogP) is 5.03. The fourth-order valence-electron chi connectivity index (χ4n) is 3.31. The fraction of sp³-hybridized carbons (Fsp3) is 0.400. The van der Waals surface area contributed by atoms with E-state index < -0.39 is 0 Å². The van der Waals surface area contributed by atoms with Gasteiger partial charge in [-0.1, -0.05) is 30.1 Å². The van der Waals surface area contributed by atoms with Crippen molar-refractivity contribution in [3.8, 4) is 0 Å². The number of nitrogens with zero attached hydrogens (tertiary/aromatic N) is 3. The summed E-state index contributed by atoms with van der Waals surface area (Å²) in [6.45, 7) is 7.55. The van der Waals surface area contributed by atoms with Crippen molar-refractivity contribution in [2.75, 3.05) is 35.4 Å². The number of aryl methyl sites for hydroxylation is 1. The van der Waals surface area contributed by atoms with E-state index in [9.17, 15) is 0 Å². The number of benzene rings is 1. The maximum atomic E-state index is 7.79. The van der Waals surface area contributed by atoms with Crippen LogP contribution in [-0.2, 0) is 0 Å². The van der Waals surface area contributed by atoms with Crippen molar-refractivity contribution >= 4 is 46.9 Å². The third-order valence-electron chi connectivity index (χ3n) is 4.89. The number of piperidine rings is 1. The van der Waals surface area contributed by atoms with Gasteiger partial charge in [-0.25, -0.2) is 9.99 Å². The van der Waals surface area contributed by atoms with Crippen LogP contribution in [0.2, 0.25) is 10.0 Å². The average Bonchev–Trinajstić information content (AvgIpc) is 2.69. The van der Waals surface area contributed by atoms with Gasteiger partial charge in [0.2, 0.25) is 0 Å². The largest absolute Gasteiger partial charge is 0.367 e. The second-order valence-electron chi connectivity index (χ2n) is 6.98. The molecule has 1 aromatic carbocycles. The number of nitrogens with one attached hydrogen (secondary N) is 3. The first-order valence-corrected chi connectivity index (χ1v) is 10.2. The van der Waals surface area contributed by atoms with E-state index in [0.717, 1.165) is 49.5 Å². The van der Waals surface area contributed by atoms with Gasteiger partial charge in [0, 0.05) is 19.1 Å². The highest BCUT2D eigenvalue weighted by atomic mass is 35.5. The summed E-state index contributed by atoms with van der Waals surface area (Å²) >= 11 is 12.1. The molecule has 0 saturated carbocycles. The van der Waals surface area contributed by atoms with Gasteiger partial charge in [-0.15, -0.1) is 0 Å². The van der Waals surface area contributed by atoms with Gasteiger partial charge in [-0.2, -0.15) is 0 Å². The zero-order valence-corrected chi connectivity index (χ0v) is 17.7. The van der Waals surface area contributed by atoms with Crippen LogP contribution in [-0.4, -0.2) is 41.9 Å². The fourth-order valence-corrected chi connectivity index (χ4v) is 3.61. The van der Waals surface area contributed by atoms with E-state index in [2.05, 4.69) is 22.6 Å². The molecule has 0 spiro atoms. The van der Waals surface area contributed by atoms with Crippen LogP contribution < -0.4 is 15.8 Å². The molecule has 1 aliphatic rings. The molecule has 0 atom stereocenters. The number of pyridine rings is 1. The quantitative estimate of drug-likeness (QED) is 0.332. The molecular weight excluding hydrogens is 395 g/mol. The molecule has 1 aliphatic heterocycles. The summed E-state index contributed by atoms with van der Waals surface area (Å²) in [5.74, 6) is 1.46. The zero-order chi connectivity index (χ0) is 20.1. The molecule has 2 heterocycles. The molecule has 1 aromatic heterocycles. The number of hydrazine groups is 1. The van der Waals surface area contributed by atoms with E-state index in [4.69, 9.17) is 33.6 Å². The van der Waals surface area contributed by atoms with E-state index in [1.807, 2.05) is 19.1 Å². The van der Waals surface area contributed by atoms with Gasteiger partial charge in [0.05, 0.1) is 15.7 Å². The average molecular weight is 421 g/mol. The Kier molecular flexibility index (Phi) is 6.99. The van der Waals surface area contributed by atoms with Crippen molar-refractivity contribution in [2.45, 2.75) is 32.7 Å². The maximum Gasteiger partial charge on any atom is 0.155 e. The predicted molar refractivity (Wildman–Crippen MR) is 119 cm³/mol. The highest BCUT2D eigenvalue weighted by molar-refractivity contribution is 6.42. The Bertz CT molecular complexity index is 820. The number of hydrogen-bond acceptors (Lipinski definition) is 5. The molecule has 28 heavy (non-hydrogen) atoms. The van der Waals surface area contributed by atoms with Crippen molar-refractivity contribution in [2.24, 2.45) is 0 Å². The Balaban J connectivity index is 1.73. The van der Waals surface area contributed by atoms with Crippen molar-refractivity contribution in [1.29, 1.82) is 5.41 Å². The van der Waals surface area contributed by atoms with Gasteiger partial charge in [0.15, 0.2) is 5.82 Å². The van der Waals surface area contributed by atoms with Crippen molar-refractivity contribution < 1.29 is 0 Å². The topological polar surface area (TPSA) is 67.3 Å². The van der Waals surface area contributed by atoms with Gasteiger partial charge < -0.3 is 10.2 Å². The highest BCUT2D eigenvalue weighted by Crippen LogP contribution is 2.26. The van der Waals surface area contributed by atoms with Crippen molar-refractivity contribution in [3.63, 3.8) is 0 Å². The second kappa shape index (κ2) is 9.45. The minimum atomic E-state index is 0.418. The van der Waals surface area contributed by atoms with Crippen LogP contribution >= 0.6 is 23.2 Å². The molecule has 0 unspecified atom stereocenters. The first-order valence-electron chi connectivity index (χ1n) is 9.47. The zero-order valence-electron chi connectivity index (χ0n) is 16.2. The molecule has 1 fully saturated rings. The summed E-state index contributed by atoms with van der Waals surface area (Å²) in [7, 11) is 0. The first-order chi connectivity index (χ1) is 13.5. The summed E-state index contributed by atoms with van der Waals surface area (Å²) in [5.41, 5.74) is 4.93. The molecule has 3 rings (SSSR count). The normalized spacial score (nSPS) is 15.3. The summed E-state index contributed by atoms with van der Waals surface area (Å²) in [6, 6.07) is 9.63. The van der Waals surface area contributed by atoms with Crippen LogP contribution in [0.4, 0.5) is 17.3 Å². The Morgan fingerprint density at radius 1 is 1.21 bits per heavy atom. The first kappa shape index (κ1) is 20.7. The van der Waals surface area contributed by atoms with Gasteiger partial charge >= 0.3 is 0 Å². The van der Waals surface area contributed by atoms with Crippen LogP contribution in [0.5, 0.6) is 0 Å². The number of halogens is 2. The molecule has 0 radical (unpaired) electrons. The van der Waals surface area contributed by atoms with Crippen LogP contribution in [0.25, 0.3) is 0 Å². The van der Waals surface area contributed by atoms with Crippen molar-refractivity contribution in [1.82, 2.24) is 9.88 Å². The Morgan fingerprint density at radius 3 is 2.61 bits per heavy atom. The van der Waals surface area contributed by atoms with Crippen LogP contribution in [0.3, 0.4) is 0 Å².